The van der Waals surface area contributed by atoms with Crippen molar-refractivity contribution in [2.75, 3.05) is 28.1 Å². The van der Waals surface area contributed by atoms with Crippen LogP contribution >= 0.6 is 0 Å². The largest absolute Gasteiger partial charge is 0.493 e. The van der Waals surface area contributed by atoms with Crippen LogP contribution in [0, 0.1) is 0 Å². The van der Waals surface area contributed by atoms with Crippen molar-refractivity contribution < 1.29 is 28.4 Å². The number of ether oxygens (including phenoxy) is 6. The first-order chi connectivity index (χ1) is 13.6. The van der Waals surface area contributed by atoms with E-state index in [4.69, 9.17) is 28.4 Å². The van der Waals surface area contributed by atoms with E-state index in [1.165, 1.54) is 0 Å². The van der Waals surface area contributed by atoms with Crippen molar-refractivity contribution in [3.63, 3.8) is 0 Å². The summed E-state index contributed by atoms with van der Waals surface area (Å²) in [4.78, 5) is 0. The van der Waals surface area contributed by atoms with Crippen molar-refractivity contribution in [1.29, 1.82) is 0 Å². The lowest BCUT2D eigenvalue weighted by Gasteiger charge is -2.19. The molecule has 0 bridgehead atoms. The molecule has 0 aliphatic carbocycles. The maximum absolute atomic E-state index is 6.23. The molecule has 1 atom stereocenters. The van der Waals surface area contributed by atoms with Gasteiger partial charge in [-0.3, -0.25) is 0 Å². The van der Waals surface area contributed by atoms with Gasteiger partial charge in [0.2, 0.25) is 12.5 Å². The van der Waals surface area contributed by atoms with Gasteiger partial charge >= 0.3 is 0 Å². The SMILES string of the molecule is C=CCc1cc2c(cc1O[C@@H](C)Cc1cc(OC)c(OC)c(OC)c1)OCO2. The first kappa shape index (κ1) is 19.7. The highest BCUT2D eigenvalue weighted by Gasteiger charge is 2.20. The molecule has 1 aliphatic heterocycles. The molecule has 0 radical (unpaired) electrons. The van der Waals surface area contributed by atoms with E-state index in [0.29, 0.717) is 35.8 Å². The molecular weight excluding hydrogens is 360 g/mol. The fourth-order valence-corrected chi connectivity index (χ4v) is 3.23. The van der Waals surface area contributed by atoms with E-state index in [2.05, 4.69) is 6.58 Å². The van der Waals surface area contributed by atoms with E-state index in [1.54, 1.807) is 21.3 Å². The molecule has 0 saturated carbocycles. The molecule has 0 amide bonds. The van der Waals surface area contributed by atoms with Gasteiger partial charge in [-0.15, -0.1) is 6.58 Å². The van der Waals surface area contributed by atoms with Crippen molar-refractivity contribution in [2.24, 2.45) is 0 Å². The predicted octanol–water partition coefficient (Wildman–Crippen LogP) is 4.18. The smallest absolute Gasteiger partial charge is 0.231 e. The second-order valence-corrected chi connectivity index (χ2v) is 6.47. The summed E-state index contributed by atoms with van der Waals surface area (Å²) >= 11 is 0. The van der Waals surface area contributed by atoms with Crippen LogP contribution in [0.25, 0.3) is 0 Å². The number of fused-ring (bicyclic) bond motifs is 1. The molecule has 1 aliphatic rings. The number of hydrogen-bond donors (Lipinski definition) is 0. The topological polar surface area (TPSA) is 55.4 Å². The first-order valence-electron chi connectivity index (χ1n) is 9.08. The maximum Gasteiger partial charge on any atom is 0.231 e. The zero-order valence-corrected chi connectivity index (χ0v) is 16.7. The number of benzene rings is 2. The summed E-state index contributed by atoms with van der Waals surface area (Å²) in [7, 11) is 4.80. The molecule has 0 unspecified atom stereocenters. The lowest BCUT2D eigenvalue weighted by Crippen LogP contribution is -2.16. The molecule has 28 heavy (non-hydrogen) atoms. The van der Waals surface area contributed by atoms with E-state index in [-0.39, 0.29) is 12.9 Å². The summed E-state index contributed by atoms with van der Waals surface area (Å²) in [5.41, 5.74) is 2.03. The van der Waals surface area contributed by atoms with E-state index in [0.717, 1.165) is 22.6 Å². The zero-order valence-electron chi connectivity index (χ0n) is 16.7. The summed E-state index contributed by atoms with van der Waals surface area (Å²) in [5.74, 6) is 4.03. The summed E-state index contributed by atoms with van der Waals surface area (Å²) in [6.45, 7) is 6.07. The molecule has 0 saturated heterocycles. The fourth-order valence-electron chi connectivity index (χ4n) is 3.23. The van der Waals surface area contributed by atoms with Gasteiger partial charge in [0.05, 0.1) is 27.4 Å². The van der Waals surface area contributed by atoms with Gasteiger partial charge in [-0.25, -0.2) is 0 Å². The van der Waals surface area contributed by atoms with Gasteiger partial charge in [-0.2, -0.15) is 0 Å². The molecule has 1 heterocycles. The molecule has 6 heteroatoms. The van der Waals surface area contributed by atoms with Gasteiger partial charge in [0.25, 0.3) is 0 Å². The Kier molecular flexibility index (Phi) is 6.19. The normalized spacial score (nSPS) is 13.0. The Balaban J connectivity index is 1.81. The highest BCUT2D eigenvalue weighted by atomic mass is 16.7. The Morgan fingerprint density at radius 1 is 0.964 bits per heavy atom. The second kappa shape index (κ2) is 8.78. The van der Waals surface area contributed by atoms with Gasteiger partial charge in [-0.05, 0) is 37.1 Å². The van der Waals surface area contributed by atoms with Crippen LogP contribution in [0.4, 0.5) is 0 Å². The van der Waals surface area contributed by atoms with Gasteiger partial charge in [0, 0.05) is 18.1 Å². The summed E-state index contributed by atoms with van der Waals surface area (Å²) in [5, 5.41) is 0. The van der Waals surface area contributed by atoms with Crippen molar-refractivity contribution in [2.45, 2.75) is 25.9 Å². The molecule has 0 aromatic heterocycles. The predicted molar refractivity (Wildman–Crippen MR) is 106 cm³/mol. The van der Waals surface area contributed by atoms with Crippen LogP contribution in [0.3, 0.4) is 0 Å². The van der Waals surface area contributed by atoms with E-state index in [9.17, 15) is 0 Å². The lowest BCUT2D eigenvalue weighted by molar-refractivity contribution is 0.173. The van der Waals surface area contributed by atoms with E-state index in [1.807, 2.05) is 37.3 Å². The summed E-state index contributed by atoms with van der Waals surface area (Å²) in [6, 6.07) is 7.70. The molecule has 0 N–H and O–H groups in total. The standard InChI is InChI=1S/C22H26O6/c1-6-7-16-11-18-19(27-13-26-18)12-17(16)28-14(2)8-15-9-20(23-3)22(25-5)21(10-15)24-4/h6,9-12,14H,1,7-8,13H2,2-5H3/t14-/m0/s1. The Morgan fingerprint density at radius 3 is 2.18 bits per heavy atom. The number of methoxy groups -OCH3 is 3. The highest BCUT2D eigenvalue weighted by Crippen LogP contribution is 2.40. The molecule has 150 valence electrons. The number of hydrogen-bond acceptors (Lipinski definition) is 6. The molecule has 0 spiro atoms. The Bertz CT molecular complexity index is 820. The second-order valence-electron chi connectivity index (χ2n) is 6.47. The lowest BCUT2D eigenvalue weighted by atomic mass is 10.1. The van der Waals surface area contributed by atoms with Crippen LogP contribution in [-0.2, 0) is 12.8 Å². The molecule has 2 aromatic rings. The maximum atomic E-state index is 6.23. The monoisotopic (exact) mass is 386 g/mol. The zero-order chi connectivity index (χ0) is 20.1. The third-order valence-corrected chi connectivity index (χ3v) is 4.50. The van der Waals surface area contributed by atoms with Crippen LogP contribution in [-0.4, -0.2) is 34.2 Å². The Hall–Kier alpha value is -3.02. The molecule has 3 rings (SSSR count). The molecular formula is C22H26O6. The highest BCUT2D eigenvalue weighted by molar-refractivity contribution is 5.54. The van der Waals surface area contributed by atoms with Gasteiger partial charge in [0.1, 0.15) is 5.75 Å². The number of rotatable bonds is 9. The first-order valence-corrected chi connectivity index (χ1v) is 9.08. The third-order valence-electron chi connectivity index (χ3n) is 4.50. The molecule has 0 fully saturated rings. The van der Waals surface area contributed by atoms with Crippen molar-refractivity contribution in [1.82, 2.24) is 0 Å². The van der Waals surface area contributed by atoms with Crippen LogP contribution in [0.1, 0.15) is 18.1 Å². The van der Waals surface area contributed by atoms with Crippen LogP contribution in [0.15, 0.2) is 36.9 Å². The van der Waals surface area contributed by atoms with Gasteiger partial charge in [-0.1, -0.05) is 6.08 Å². The third kappa shape index (κ3) is 4.11. The van der Waals surface area contributed by atoms with E-state index < -0.39 is 0 Å². The average Bonchev–Trinajstić information content (AvgIpc) is 3.14. The van der Waals surface area contributed by atoms with Crippen molar-refractivity contribution in [3.8, 4) is 34.5 Å². The minimum atomic E-state index is -0.0910. The van der Waals surface area contributed by atoms with Crippen molar-refractivity contribution in [3.05, 3.63) is 48.0 Å². The van der Waals surface area contributed by atoms with Gasteiger partial charge in [0.15, 0.2) is 23.0 Å². The minimum absolute atomic E-state index is 0.0910. The van der Waals surface area contributed by atoms with Crippen LogP contribution < -0.4 is 28.4 Å². The van der Waals surface area contributed by atoms with Gasteiger partial charge < -0.3 is 28.4 Å². The molecule has 6 nitrogen and oxygen atoms in total. The number of allylic oxidation sites excluding steroid dienone is 1. The van der Waals surface area contributed by atoms with E-state index >= 15 is 0 Å². The minimum Gasteiger partial charge on any atom is -0.493 e. The Labute approximate surface area is 165 Å². The summed E-state index contributed by atoms with van der Waals surface area (Å²) < 4.78 is 33.4. The Morgan fingerprint density at radius 2 is 1.61 bits per heavy atom. The van der Waals surface area contributed by atoms with Crippen molar-refractivity contribution >= 4 is 0 Å². The van der Waals surface area contributed by atoms with Crippen LogP contribution in [0.5, 0.6) is 34.5 Å². The van der Waals surface area contributed by atoms with Crippen LogP contribution in [0.2, 0.25) is 0 Å². The summed E-state index contributed by atoms with van der Waals surface area (Å²) in [6.07, 6.45) is 3.10. The quantitative estimate of drug-likeness (QED) is 0.603. The average molecular weight is 386 g/mol. The fraction of sp³-hybridized carbons (Fsp3) is 0.364. The molecule has 2 aromatic carbocycles.